The Balaban J connectivity index is 2.62. The molecule has 1 aliphatic heterocycles. The third kappa shape index (κ3) is 2.99. The van der Waals surface area contributed by atoms with Gasteiger partial charge in [0.05, 0.1) is 0 Å². The number of carbonyl (C=O) groups is 2. The molecule has 1 amide bonds. The molecule has 0 unspecified atom stereocenters. The number of carbonyl (C=O) groups excluding carboxylic acids is 2. The minimum Gasteiger partial charge on any atom is -0.444 e. The minimum absolute atomic E-state index is 0.190. The lowest BCUT2D eigenvalue weighted by atomic mass is 9.99. The Labute approximate surface area is 95.9 Å². The molecule has 0 saturated carbocycles. The zero-order valence-electron chi connectivity index (χ0n) is 9.90. The van der Waals surface area contributed by atoms with Gasteiger partial charge in [0.1, 0.15) is 11.9 Å². The Kier molecular flexibility index (Phi) is 3.58. The molecule has 0 radical (unpaired) electrons. The van der Waals surface area contributed by atoms with Gasteiger partial charge < -0.3 is 14.4 Å². The van der Waals surface area contributed by atoms with Gasteiger partial charge in [-0.3, -0.25) is 0 Å². The van der Waals surface area contributed by atoms with Crippen LogP contribution in [0.1, 0.15) is 20.8 Å². The number of hydrogen-bond acceptors (Lipinski definition) is 3. The van der Waals surface area contributed by atoms with Crippen LogP contribution in [-0.4, -0.2) is 36.0 Å². The molecule has 0 aromatic rings. The van der Waals surface area contributed by atoms with E-state index in [2.05, 4.69) is 5.92 Å². The summed E-state index contributed by atoms with van der Waals surface area (Å²) < 4.78 is 5.21. The number of aldehydes is 1. The molecule has 2 atom stereocenters. The van der Waals surface area contributed by atoms with Crippen molar-refractivity contribution in [2.45, 2.75) is 26.4 Å². The minimum atomic E-state index is -0.526. The first kappa shape index (κ1) is 12.6. The molecule has 1 fully saturated rings. The van der Waals surface area contributed by atoms with E-state index in [1.807, 2.05) is 0 Å². The molecular formula is C12H17NO3. The van der Waals surface area contributed by atoms with Crippen LogP contribution in [-0.2, 0) is 9.53 Å². The van der Waals surface area contributed by atoms with Gasteiger partial charge in [0.25, 0.3) is 0 Å². The quantitative estimate of drug-likeness (QED) is 0.497. The van der Waals surface area contributed by atoms with Gasteiger partial charge in [-0.2, -0.15) is 0 Å². The predicted octanol–water partition coefficient (Wildman–Crippen LogP) is 1.30. The second-order valence-electron chi connectivity index (χ2n) is 4.96. The van der Waals surface area contributed by atoms with Crippen LogP contribution in [0.5, 0.6) is 0 Å². The van der Waals surface area contributed by atoms with Gasteiger partial charge in [-0.15, -0.1) is 12.3 Å². The molecule has 0 N–H and O–H groups in total. The monoisotopic (exact) mass is 223 g/mol. The molecule has 4 nitrogen and oxygen atoms in total. The van der Waals surface area contributed by atoms with Gasteiger partial charge in [-0.05, 0) is 20.8 Å². The van der Waals surface area contributed by atoms with Crippen molar-refractivity contribution >= 4 is 12.4 Å². The van der Waals surface area contributed by atoms with Crippen molar-refractivity contribution in [3.05, 3.63) is 0 Å². The Morgan fingerprint density at radius 3 is 2.50 bits per heavy atom. The highest BCUT2D eigenvalue weighted by molar-refractivity contribution is 5.70. The predicted molar refractivity (Wildman–Crippen MR) is 59.7 cm³/mol. The molecular weight excluding hydrogens is 206 g/mol. The Morgan fingerprint density at radius 2 is 2.12 bits per heavy atom. The SMILES string of the molecule is C#C[C@@H]1CN(C(=O)OC(C)(C)C)C[C@@H]1C=O. The van der Waals surface area contributed by atoms with Crippen LogP contribution in [0.4, 0.5) is 4.79 Å². The summed E-state index contributed by atoms with van der Waals surface area (Å²) in [5.74, 6) is 2.08. The number of terminal acetylenes is 1. The van der Waals surface area contributed by atoms with E-state index < -0.39 is 11.7 Å². The van der Waals surface area contributed by atoms with Gasteiger partial charge >= 0.3 is 6.09 Å². The van der Waals surface area contributed by atoms with Crippen LogP contribution in [0, 0.1) is 24.2 Å². The standard InChI is InChI=1S/C12H17NO3/c1-5-9-6-13(7-10(9)8-14)11(15)16-12(2,3)4/h1,8-10H,6-7H2,2-4H3/t9-,10-/m1/s1. The Hall–Kier alpha value is -1.50. The lowest BCUT2D eigenvalue weighted by Gasteiger charge is -2.24. The Bertz CT molecular complexity index is 324. The highest BCUT2D eigenvalue weighted by Gasteiger charge is 2.35. The van der Waals surface area contributed by atoms with Gasteiger partial charge in [0.15, 0.2) is 0 Å². The zero-order chi connectivity index (χ0) is 12.3. The van der Waals surface area contributed by atoms with Crippen molar-refractivity contribution in [1.82, 2.24) is 4.90 Å². The van der Waals surface area contributed by atoms with Crippen molar-refractivity contribution in [3.63, 3.8) is 0 Å². The van der Waals surface area contributed by atoms with Crippen LogP contribution in [0.25, 0.3) is 0 Å². The first-order valence-electron chi connectivity index (χ1n) is 5.26. The summed E-state index contributed by atoms with van der Waals surface area (Å²) in [6, 6.07) is 0. The van der Waals surface area contributed by atoms with Gasteiger partial charge in [-0.1, -0.05) is 0 Å². The molecule has 4 heteroatoms. The molecule has 0 aliphatic carbocycles. The van der Waals surface area contributed by atoms with Crippen LogP contribution >= 0.6 is 0 Å². The van der Waals surface area contributed by atoms with Crippen molar-refractivity contribution in [2.24, 2.45) is 11.8 Å². The van der Waals surface area contributed by atoms with Crippen LogP contribution in [0.15, 0.2) is 0 Å². The average molecular weight is 223 g/mol. The van der Waals surface area contributed by atoms with Gasteiger partial charge in [0, 0.05) is 24.9 Å². The van der Waals surface area contributed by atoms with E-state index in [0.717, 1.165) is 6.29 Å². The molecule has 1 saturated heterocycles. The molecule has 0 bridgehead atoms. The molecule has 0 aromatic heterocycles. The molecule has 0 spiro atoms. The second kappa shape index (κ2) is 4.56. The number of likely N-dealkylation sites (tertiary alicyclic amines) is 1. The van der Waals surface area contributed by atoms with Crippen molar-refractivity contribution < 1.29 is 14.3 Å². The molecule has 1 heterocycles. The normalized spacial score (nSPS) is 25.0. The summed E-state index contributed by atoms with van der Waals surface area (Å²) in [6.07, 6.45) is 5.71. The molecule has 16 heavy (non-hydrogen) atoms. The number of hydrogen-bond donors (Lipinski definition) is 0. The fraction of sp³-hybridized carbons (Fsp3) is 0.667. The summed E-state index contributed by atoms with van der Waals surface area (Å²) >= 11 is 0. The summed E-state index contributed by atoms with van der Waals surface area (Å²) in [4.78, 5) is 24.0. The summed E-state index contributed by atoms with van der Waals surface area (Å²) in [6.45, 7) is 6.16. The zero-order valence-corrected chi connectivity index (χ0v) is 9.90. The lowest BCUT2D eigenvalue weighted by Crippen LogP contribution is -2.35. The van der Waals surface area contributed by atoms with Crippen molar-refractivity contribution in [1.29, 1.82) is 0 Å². The van der Waals surface area contributed by atoms with E-state index in [0.29, 0.717) is 13.1 Å². The van der Waals surface area contributed by atoms with Crippen LogP contribution < -0.4 is 0 Å². The molecule has 0 aromatic carbocycles. The number of ether oxygens (including phenoxy) is 1. The van der Waals surface area contributed by atoms with Gasteiger partial charge in [-0.25, -0.2) is 4.79 Å². The summed E-state index contributed by atoms with van der Waals surface area (Å²) in [7, 11) is 0. The number of amides is 1. The molecule has 88 valence electrons. The third-order valence-electron chi connectivity index (χ3n) is 2.41. The van der Waals surface area contributed by atoms with Crippen molar-refractivity contribution in [3.8, 4) is 12.3 Å². The number of rotatable bonds is 1. The van der Waals surface area contributed by atoms with E-state index >= 15 is 0 Å². The van der Waals surface area contributed by atoms with E-state index in [1.54, 1.807) is 20.8 Å². The maximum absolute atomic E-state index is 11.7. The van der Waals surface area contributed by atoms with E-state index in [-0.39, 0.29) is 11.8 Å². The third-order valence-corrected chi connectivity index (χ3v) is 2.41. The fourth-order valence-corrected chi connectivity index (χ4v) is 1.62. The van der Waals surface area contributed by atoms with Gasteiger partial charge in [0.2, 0.25) is 0 Å². The lowest BCUT2D eigenvalue weighted by molar-refractivity contribution is -0.111. The molecule has 1 rings (SSSR count). The highest BCUT2D eigenvalue weighted by atomic mass is 16.6. The maximum atomic E-state index is 11.7. The Morgan fingerprint density at radius 1 is 1.50 bits per heavy atom. The van der Waals surface area contributed by atoms with Crippen molar-refractivity contribution in [2.75, 3.05) is 13.1 Å². The topological polar surface area (TPSA) is 46.6 Å². The maximum Gasteiger partial charge on any atom is 0.410 e. The van der Waals surface area contributed by atoms with E-state index in [9.17, 15) is 9.59 Å². The fourth-order valence-electron chi connectivity index (χ4n) is 1.62. The van der Waals surface area contributed by atoms with Crippen LogP contribution in [0.2, 0.25) is 0 Å². The summed E-state index contributed by atoms with van der Waals surface area (Å²) in [5, 5.41) is 0. The largest absolute Gasteiger partial charge is 0.444 e. The number of nitrogens with zero attached hydrogens (tertiary/aromatic N) is 1. The summed E-state index contributed by atoms with van der Waals surface area (Å²) in [5.41, 5.74) is -0.526. The first-order chi connectivity index (χ1) is 7.37. The second-order valence-corrected chi connectivity index (χ2v) is 4.96. The highest BCUT2D eigenvalue weighted by Crippen LogP contribution is 2.23. The average Bonchev–Trinajstić information content (AvgIpc) is 2.57. The van der Waals surface area contributed by atoms with Crippen LogP contribution in [0.3, 0.4) is 0 Å². The van der Waals surface area contributed by atoms with E-state index in [1.165, 1.54) is 4.90 Å². The molecule has 1 aliphatic rings. The van der Waals surface area contributed by atoms with E-state index in [4.69, 9.17) is 11.2 Å². The smallest absolute Gasteiger partial charge is 0.410 e. The first-order valence-corrected chi connectivity index (χ1v) is 5.26.